The van der Waals surface area contributed by atoms with Crippen LogP contribution in [0.15, 0.2) is 0 Å². The monoisotopic (exact) mass is 176 g/mol. The normalized spacial score (nSPS) is 14.6. The fourth-order valence-electron chi connectivity index (χ4n) is 0.477. The van der Waals surface area contributed by atoms with Crippen LogP contribution in [0, 0.1) is 5.92 Å². The summed E-state index contributed by atoms with van der Waals surface area (Å²) in [6, 6.07) is 0. The van der Waals surface area contributed by atoms with Crippen molar-refractivity contribution in [3.63, 3.8) is 0 Å². The molecule has 1 atom stereocenters. The maximum absolute atomic E-state index is 11.2. The van der Waals surface area contributed by atoms with Crippen LogP contribution in [0.2, 0.25) is 0 Å². The first-order chi connectivity index (χ1) is 4.87. The number of carbonyl (C=O) groups is 1. The van der Waals surface area contributed by atoms with Crippen molar-refractivity contribution in [2.75, 3.05) is 6.61 Å². The minimum Gasteiger partial charge on any atom is -0.396 e. The van der Waals surface area contributed by atoms with Gasteiger partial charge in [0.1, 0.15) is 0 Å². The Bertz CT molecular complexity index is 138. The highest BCUT2D eigenvalue weighted by molar-refractivity contribution is 8.14. The molecule has 0 bridgehead atoms. The summed E-state index contributed by atoms with van der Waals surface area (Å²) in [5.74, 6) is -0.237. The molecule has 0 rings (SSSR count). The second-order valence-corrected chi connectivity index (χ2v) is 5.45. The Morgan fingerprint density at radius 1 is 1.55 bits per heavy atom. The van der Waals surface area contributed by atoms with Crippen molar-refractivity contribution in [3.8, 4) is 0 Å². The van der Waals surface area contributed by atoms with Crippen LogP contribution in [-0.4, -0.2) is 21.6 Å². The van der Waals surface area contributed by atoms with Gasteiger partial charge in [-0.15, -0.1) is 0 Å². The van der Waals surface area contributed by atoms with Gasteiger partial charge in [0.05, 0.1) is 6.61 Å². The lowest BCUT2D eigenvalue weighted by Crippen LogP contribution is -2.18. The fraction of sp³-hybridized carbons (Fsp3) is 0.875. The molecule has 1 N–H and O–H groups in total. The van der Waals surface area contributed by atoms with Gasteiger partial charge in [0, 0.05) is 10.7 Å². The molecule has 0 radical (unpaired) electrons. The van der Waals surface area contributed by atoms with Crippen molar-refractivity contribution in [1.29, 1.82) is 0 Å². The Hall–Kier alpha value is -0.0200. The average molecular weight is 176 g/mol. The van der Waals surface area contributed by atoms with Crippen molar-refractivity contribution in [2.24, 2.45) is 5.92 Å². The van der Waals surface area contributed by atoms with Gasteiger partial charge in [-0.3, -0.25) is 4.79 Å². The Morgan fingerprint density at radius 3 is 2.27 bits per heavy atom. The Morgan fingerprint density at radius 2 is 2.00 bits per heavy atom. The van der Waals surface area contributed by atoms with Crippen LogP contribution in [0.3, 0.4) is 0 Å². The summed E-state index contributed by atoms with van der Waals surface area (Å²) in [4.78, 5) is 11.2. The van der Waals surface area contributed by atoms with E-state index in [2.05, 4.69) is 0 Å². The van der Waals surface area contributed by atoms with Crippen molar-refractivity contribution in [3.05, 3.63) is 0 Å². The highest BCUT2D eigenvalue weighted by atomic mass is 32.2. The van der Waals surface area contributed by atoms with Gasteiger partial charge in [-0.1, -0.05) is 39.5 Å². The Kier molecular flexibility index (Phi) is 4.11. The van der Waals surface area contributed by atoms with Gasteiger partial charge in [-0.25, -0.2) is 0 Å². The molecule has 0 aromatic carbocycles. The van der Waals surface area contributed by atoms with Crippen LogP contribution in [0.1, 0.15) is 27.7 Å². The number of aliphatic hydroxyl groups excluding tert-OH is 1. The van der Waals surface area contributed by atoms with Gasteiger partial charge in [0.2, 0.25) is 0 Å². The number of carbonyl (C=O) groups excluding carboxylic acids is 1. The lowest BCUT2D eigenvalue weighted by atomic mass is 10.2. The van der Waals surface area contributed by atoms with Gasteiger partial charge in [-0.2, -0.15) is 0 Å². The molecule has 0 aliphatic heterocycles. The number of hydrogen-bond acceptors (Lipinski definition) is 3. The summed E-state index contributed by atoms with van der Waals surface area (Å²) in [7, 11) is 0. The van der Waals surface area contributed by atoms with Gasteiger partial charge < -0.3 is 5.11 Å². The Balaban J connectivity index is 3.88. The summed E-state index contributed by atoms with van der Waals surface area (Å²) in [5.41, 5.74) is 0. The third kappa shape index (κ3) is 5.27. The predicted octanol–water partition coefficient (Wildman–Crippen LogP) is 1.67. The van der Waals surface area contributed by atoms with Crippen LogP contribution < -0.4 is 0 Å². The standard InChI is InChI=1S/C8H16O2S/c1-6(5-9)7(10)11-8(2,3)4/h6,9H,5H2,1-4H3/t6-/m0/s1. The minimum atomic E-state index is -0.237. The Labute approximate surface area is 72.4 Å². The van der Waals surface area contributed by atoms with E-state index in [1.807, 2.05) is 20.8 Å². The van der Waals surface area contributed by atoms with E-state index in [9.17, 15) is 4.79 Å². The summed E-state index contributed by atoms with van der Waals surface area (Å²) >= 11 is 1.29. The second-order valence-electron chi connectivity index (χ2n) is 3.62. The lowest BCUT2D eigenvalue weighted by Gasteiger charge is -2.17. The molecule has 66 valence electrons. The number of thioether (sulfide) groups is 1. The van der Waals surface area contributed by atoms with Crippen molar-refractivity contribution < 1.29 is 9.90 Å². The average Bonchev–Trinajstić information content (AvgIpc) is 1.82. The molecule has 0 saturated heterocycles. The number of aliphatic hydroxyl groups is 1. The summed E-state index contributed by atoms with van der Waals surface area (Å²) in [6.45, 7) is 7.64. The molecule has 0 unspecified atom stereocenters. The van der Waals surface area contributed by atoms with E-state index < -0.39 is 0 Å². The van der Waals surface area contributed by atoms with Crippen LogP contribution >= 0.6 is 11.8 Å². The topological polar surface area (TPSA) is 37.3 Å². The third-order valence-corrected chi connectivity index (χ3v) is 2.30. The molecule has 0 amide bonds. The van der Waals surface area contributed by atoms with Gasteiger partial charge >= 0.3 is 0 Å². The van der Waals surface area contributed by atoms with Crippen LogP contribution in [0.25, 0.3) is 0 Å². The largest absolute Gasteiger partial charge is 0.396 e. The molecule has 2 nitrogen and oxygen atoms in total. The first-order valence-electron chi connectivity index (χ1n) is 3.70. The van der Waals surface area contributed by atoms with E-state index in [0.717, 1.165) is 0 Å². The van der Waals surface area contributed by atoms with Crippen LogP contribution in [-0.2, 0) is 4.79 Å². The molecule has 0 aromatic heterocycles. The number of rotatable bonds is 2. The summed E-state index contributed by atoms with van der Waals surface area (Å²) in [5, 5.41) is 8.74. The first-order valence-corrected chi connectivity index (χ1v) is 4.52. The maximum Gasteiger partial charge on any atom is 0.194 e. The zero-order valence-electron chi connectivity index (χ0n) is 7.55. The quantitative estimate of drug-likeness (QED) is 0.695. The van der Waals surface area contributed by atoms with Gasteiger partial charge in [0.15, 0.2) is 5.12 Å². The van der Waals surface area contributed by atoms with Crippen LogP contribution in [0.5, 0.6) is 0 Å². The van der Waals surface area contributed by atoms with E-state index in [1.165, 1.54) is 11.8 Å². The maximum atomic E-state index is 11.2. The molecule has 0 aromatic rings. The third-order valence-electron chi connectivity index (χ3n) is 1.08. The number of hydrogen-bond donors (Lipinski definition) is 1. The highest BCUT2D eigenvalue weighted by Gasteiger charge is 2.20. The zero-order chi connectivity index (χ0) is 9.07. The zero-order valence-corrected chi connectivity index (χ0v) is 8.36. The van der Waals surface area contributed by atoms with E-state index >= 15 is 0 Å². The minimum absolute atomic E-state index is 0.0412. The van der Waals surface area contributed by atoms with Crippen molar-refractivity contribution >= 4 is 16.9 Å². The van der Waals surface area contributed by atoms with E-state index in [0.29, 0.717) is 0 Å². The first kappa shape index (κ1) is 11.0. The van der Waals surface area contributed by atoms with Gasteiger partial charge in [0.25, 0.3) is 0 Å². The molecule has 0 fully saturated rings. The summed E-state index contributed by atoms with van der Waals surface area (Å²) < 4.78 is -0.0412. The van der Waals surface area contributed by atoms with Crippen molar-refractivity contribution in [1.82, 2.24) is 0 Å². The second kappa shape index (κ2) is 4.12. The predicted molar refractivity (Wildman–Crippen MR) is 48.6 cm³/mol. The van der Waals surface area contributed by atoms with Crippen molar-refractivity contribution in [2.45, 2.75) is 32.4 Å². The molecule has 11 heavy (non-hydrogen) atoms. The highest BCUT2D eigenvalue weighted by Crippen LogP contribution is 2.26. The van der Waals surface area contributed by atoms with E-state index in [-0.39, 0.29) is 22.4 Å². The van der Waals surface area contributed by atoms with Crippen LogP contribution in [0.4, 0.5) is 0 Å². The molecule has 0 aliphatic carbocycles. The molecule has 3 heteroatoms. The van der Waals surface area contributed by atoms with Gasteiger partial charge in [-0.05, 0) is 0 Å². The molecule has 0 heterocycles. The van der Waals surface area contributed by atoms with E-state index in [4.69, 9.17) is 5.11 Å². The SMILES string of the molecule is C[C@@H](CO)C(=O)SC(C)(C)C. The molecular weight excluding hydrogens is 160 g/mol. The molecular formula is C8H16O2S. The lowest BCUT2D eigenvalue weighted by molar-refractivity contribution is -0.114. The summed E-state index contributed by atoms with van der Waals surface area (Å²) in [6.07, 6.45) is 0. The van der Waals surface area contributed by atoms with E-state index in [1.54, 1.807) is 6.92 Å². The molecule has 0 spiro atoms. The molecule has 0 aliphatic rings. The smallest absolute Gasteiger partial charge is 0.194 e. The fourth-order valence-corrected chi connectivity index (χ4v) is 1.36. The molecule has 0 saturated carbocycles.